The molecule has 22 heavy (non-hydrogen) atoms. The highest BCUT2D eigenvalue weighted by atomic mass is 19.1. The maximum Gasteiger partial charge on any atom is 0.311 e. The molecule has 1 atom stereocenters. The number of amides is 1. The van der Waals surface area contributed by atoms with E-state index in [9.17, 15) is 14.0 Å². The maximum atomic E-state index is 12.9. The summed E-state index contributed by atoms with van der Waals surface area (Å²) >= 11 is 0. The number of aromatic nitrogens is 1. The fourth-order valence-corrected chi connectivity index (χ4v) is 1.87. The van der Waals surface area contributed by atoms with Crippen molar-refractivity contribution in [1.82, 2.24) is 4.98 Å². The summed E-state index contributed by atoms with van der Waals surface area (Å²) in [6, 6.07) is 8.57. The molecule has 1 amide bonds. The molecule has 2 rings (SSSR count). The van der Waals surface area contributed by atoms with Crippen LogP contribution >= 0.6 is 0 Å². The van der Waals surface area contributed by atoms with Gasteiger partial charge in [0.05, 0.1) is 6.42 Å². The number of primary amides is 1. The molecule has 0 fully saturated rings. The topological polar surface area (TPSA) is 82.3 Å². The van der Waals surface area contributed by atoms with Crippen molar-refractivity contribution in [3.8, 4) is 0 Å². The number of benzene rings is 1. The van der Waals surface area contributed by atoms with Gasteiger partial charge in [-0.15, -0.1) is 0 Å². The van der Waals surface area contributed by atoms with Crippen LogP contribution in [0.1, 0.15) is 22.9 Å². The molecule has 0 radical (unpaired) electrons. The minimum Gasteiger partial charge on any atom is -0.447 e. The number of hydrogen-bond donors (Lipinski definition) is 1. The second-order valence-electron chi connectivity index (χ2n) is 4.81. The number of esters is 1. The fraction of sp³-hybridized carbons (Fsp3) is 0.188. The van der Waals surface area contributed by atoms with Crippen LogP contribution in [-0.4, -0.2) is 16.9 Å². The molecule has 1 heterocycles. The van der Waals surface area contributed by atoms with Gasteiger partial charge in [-0.3, -0.25) is 14.6 Å². The van der Waals surface area contributed by atoms with Gasteiger partial charge in [0.15, 0.2) is 0 Å². The molecule has 1 aromatic heterocycles. The minimum atomic E-state index is -1.24. The number of carbonyl (C=O) groups excluding carboxylic acids is 2. The van der Waals surface area contributed by atoms with Gasteiger partial charge in [0.2, 0.25) is 6.10 Å². The van der Waals surface area contributed by atoms with E-state index in [1.54, 1.807) is 18.3 Å². The van der Waals surface area contributed by atoms with Crippen LogP contribution in [-0.2, 0) is 20.7 Å². The third-order valence-corrected chi connectivity index (χ3v) is 3.00. The second-order valence-corrected chi connectivity index (χ2v) is 4.81. The van der Waals surface area contributed by atoms with Crippen LogP contribution in [0, 0.1) is 12.7 Å². The Morgan fingerprint density at radius 1 is 1.23 bits per heavy atom. The Balaban J connectivity index is 2.07. The summed E-state index contributed by atoms with van der Waals surface area (Å²) in [7, 11) is 0. The zero-order chi connectivity index (χ0) is 16.1. The zero-order valence-corrected chi connectivity index (χ0v) is 12.0. The number of rotatable bonds is 5. The third-order valence-electron chi connectivity index (χ3n) is 3.00. The summed E-state index contributed by atoms with van der Waals surface area (Å²) in [6.45, 7) is 1.83. The van der Waals surface area contributed by atoms with E-state index in [1.807, 2.05) is 6.92 Å². The zero-order valence-electron chi connectivity index (χ0n) is 12.0. The molecule has 5 nitrogen and oxygen atoms in total. The normalized spacial score (nSPS) is 11.7. The van der Waals surface area contributed by atoms with Crippen LogP contribution in [0.3, 0.4) is 0 Å². The van der Waals surface area contributed by atoms with Crippen molar-refractivity contribution in [2.24, 2.45) is 5.73 Å². The first-order valence-electron chi connectivity index (χ1n) is 6.61. The van der Waals surface area contributed by atoms with Crippen molar-refractivity contribution < 1.29 is 18.7 Å². The molecule has 0 saturated carbocycles. The Labute approximate surface area is 126 Å². The summed E-state index contributed by atoms with van der Waals surface area (Å²) in [5.41, 5.74) is 7.07. The fourth-order valence-electron chi connectivity index (χ4n) is 1.87. The molecule has 1 aromatic carbocycles. The molecule has 2 aromatic rings. The van der Waals surface area contributed by atoms with Crippen LogP contribution in [0.25, 0.3) is 0 Å². The lowest BCUT2D eigenvalue weighted by atomic mass is 10.1. The molecule has 0 spiro atoms. The lowest BCUT2D eigenvalue weighted by molar-refractivity contribution is -0.154. The van der Waals surface area contributed by atoms with Crippen LogP contribution in [0.15, 0.2) is 42.6 Å². The van der Waals surface area contributed by atoms with Gasteiger partial charge in [-0.1, -0.05) is 18.2 Å². The van der Waals surface area contributed by atoms with Crippen molar-refractivity contribution in [1.29, 1.82) is 0 Å². The number of ether oxygens (including phenoxy) is 1. The van der Waals surface area contributed by atoms with E-state index in [0.29, 0.717) is 11.1 Å². The van der Waals surface area contributed by atoms with E-state index in [-0.39, 0.29) is 6.42 Å². The van der Waals surface area contributed by atoms with E-state index < -0.39 is 23.8 Å². The molecule has 114 valence electrons. The highest BCUT2D eigenvalue weighted by molar-refractivity contribution is 5.84. The molecule has 1 unspecified atom stereocenters. The summed E-state index contributed by atoms with van der Waals surface area (Å²) in [5.74, 6) is -1.88. The average molecular weight is 302 g/mol. The van der Waals surface area contributed by atoms with Gasteiger partial charge in [0.1, 0.15) is 5.82 Å². The molecule has 0 bridgehead atoms. The summed E-state index contributed by atoms with van der Waals surface area (Å²) in [4.78, 5) is 27.5. The summed E-state index contributed by atoms with van der Waals surface area (Å²) in [5, 5.41) is 0. The molecular formula is C16H15FN2O3. The predicted molar refractivity (Wildman–Crippen MR) is 77.1 cm³/mol. The van der Waals surface area contributed by atoms with Crippen molar-refractivity contribution in [3.63, 3.8) is 0 Å². The van der Waals surface area contributed by atoms with Gasteiger partial charge in [-0.25, -0.2) is 4.39 Å². The average Bonchev–Trinajstić information content (AvgIpc) is 2.48. The Bertz CT molecular complexity index is 669. The lowest BCUT2D eigenvalue weighted by Crippen LogP contribution is -2.26. The number of pyridine rings is 1. The quantitative estimate of drug-likeness (QED) is 0.854. The lowest BCUT2D eigenvalue weighted by Gasteiger charge is -2.15. The predicted octanol–water partition coefficient (Wildman–Crippen LogP) is 1.84. The molecule has 0 aliphatic carbocycles. The van der Waals surface area contributed by atoms with Crippen molar-refractivity contribution >= 4 is 11.9 Å². The van der Waals surface area contributed by atoms with Gasteiger partial charge >= 0.3 is 5.97 Å². The van der Waals surface area contributed by atoms with E-state index in [0.717, 1.165) is 5.69 Å². The number of nitrogens with zero attached hydrogens (tertiary/aromatic N) is 1. The Kier molecular flexibility index (Phi) is 4.83. The van der Waals surface area contributed by atoms with Gasteiger partial charge in [-0.2, -0.15) is 0 Å². The molecule has 0 aliphatic heterocycles. The Morgan fingerprint density at radius 3 is 2.45 bits per heavy atom. The summed E-state index contributed by atoms with van der Waals surface area (Å²) < 4.78 is 18.0. The van der Waals surface area contributed by atoms with Crippen molar-refractivity contribution in [2.45, 2.75) is 19.4 Å². The number of nitrogens with two attached hydrogens (primary N) is 1. The first-order valence-corrected chi connectivity index (χ1v) is 6.61. The van der Waals surface area contributed by atoms with Crippen molar-refractivity contribution in [2.75, 3.05) is 0 Å². The standard InChI is InChI=1S/C16H15FN2O3/c1-10-2-3-11(9-19-10)8-14(20)22-15(16(18)21)12-4-6-13(17)7-5-12/h2-7,9,15H,8H2,1H3,(H2,18,21). The van der Waals surface area contributed by atoms with Gasteiger partial charge < -0.3 is 10.5 Å². The molecule has 2 N–H and O–H groups in total. The molecular weight excluding hydrogens is 287 g/mol. The smallest absolute Gasteiger partial charge is 0.311 e. The van der Waals surface area contributed by atoms with Crippen molar-refractivity contribution in [3.05, 3.63) is 65.2 Å². The van der Waals surface area contributed by atoms with Gasteiger partial charge in [-0.05, 0) is 30.7 Å². The Morgan fingerprint density at radius 2 is 1.91 bits per heavy atom. The second kappa shape index (κ2) is 6.80. The number of aryl methyl sites for hydroxylation is 1. The largest absolute Gasteiger partial charge is 0.447 e. The number of hydrogen-bond acceptors (Lipinski definition) is 4. The molecule has 0 aliphatic rings. The SMILES string of the molecule is Cc1ccc(CC(=O)OC(C(N)=O)c2ccc(F)cc2)cn1. The number of carbonyl (C=O) groups is 2. The molecule has 0 saturated heterocycles. The van der Waals surface area contributed by atoms with E-state index in [1.165, 1.54) is 24.3 Å². The van der Waals surface area contributed by atoms with E-state index in [4.69, 9.17) is 10.5 Å². The van der Waals surface area contributed by atoms with Crippen LogP contribution < -0.4 is 5.73 Å². The Hall–Kier alpha value is -2.76. The number of halogens is 1. The highest BCUT2D eigenvalue weighted by Gasteiger charge is 2.22. The third kappa shape index (κ3) is 4.12. The first kappa shape index (κ1) is 15.6. The van der Waals surface area contributed by atoms with E-state index in [2.05, 4.69) is 4.98 Å². The van der Waals surface area contributed by atoms with Crippen LogP contribution in [0.4, 0.5) is 4.39 Å². The van der Waals surface area contributed by atoms with E-state index >= 15 is 0 Å². The van der Waals surface area contributed by atoms with Gasteiger partial charge in [0, 0.05) is 17.5 Å². The molecule has 6 heteroatoms. The van der Waals surface area contributed by atoms with Crippen LogP contribution in [0.5, 0.6) is 0 Å². The first-order chi connectivity index (χ1) is 10.5. The summed E-state index contributed by atoms with van der Waals surface area (Å²) in [6.07, 6.45) is 0.290. The monoisotopic (exact) mass is 302 g/mol. The maximum absolute atomic E-state index is 12.9. The highest BCUT2D eigenvalue weighted by Crippen LogP contribution is 2.18. The minimum absolute atomic E-state index is 0.0295. The van der Waals surface area contributed by atoms with Gasteiger partial charge in [0.25, 0.3) is 5.91 Å². The van der Waals surface area contributed by atoms with Crippen LogP contribution in [0.2, 0.25) is 0 Å².